The molecule has 68 heavy (non-hydrogen) atoms. The van der Waals surface area contributed by atoms with Crippen molar-refractivity contribution in [3.8, 4) is 50.9 Å². The monoisotopic (exact) mass is 889 g/mol. The molecule has 6 nitrogen and oxygen atoms in total. The summed E-state index contributed by atoms with van der Waals surface area (Å²) in [7, 11) is 2.05. The van der Waals surface area contributed by atoms with Gasteiger partial charge in [0.1, 0.15) is 22.8 Å². The largest absolute Gasteiger partial charge is 0.458 e. The van der Waals surface area contributed by atoms with E-state index < -0.39 is 60.4 Å². The third-order valence-corrected chi connectivity index (χ3v) is 13.3. The Morgan fingerprint density at radius 3 is 2.01 bits per heavy atom. The molecule has 7 heteroatoms. The maximum absolute atomic E-state index is 9.22. The van der Waals surface area contributed by atoms with Crippen LogP contribution in [-0.4, -0.2) is 28.0 Å². The average molecular weight is 890 g/mol. The summed E-state index contributed by atoms with van der Waals surface area (Å²) in [5, 5.41) is 2.12. The highest BCUT2D eigenvalue weighted by atomic mass is 16.5. The molecule has 0 amide bonds. The molecule has 8 aromatic carbocycles. The van der Waals surface area contributed by atoms with Gasteiger partial charge in [0.15, 0.2) is 0 Å². The van der Waals surface area contributed by atoms with Crippen molar-refractivity contribution < 1.29 is 23.0 Å². The third kappa shape index (κ3) is 6.71. The maximum Gasteiger partial charge on any atom is 0.319 e. The van der Waals surface area contributed by atoms with E-state index in [1.54, 1.807) is 22.8 Å². The minimum Gasteiger partial charge on any atom is -0.458 e. The maximum atomic E-state index is 9.22. The van der Waals surface area contributed by atoms with Gasteiger partial charge in [-0.1, -0.05) is 165 Å². The minimum absolute atomic E-state index is 0.107. The fourth-order valence-corrected chi connectivity index (χ4v) is 10.1. The standard InChI is InChI=1S/C61H50BN5O/c1-40-18-15-19-41(2)58(40)62-51-33-31-46(68-45-30-32-50-49-24-13-14-27-52(49)67(55(50)37-45)57-36-44(34-35-63-57)61(3,4)5)38-56(51)66-39-65(54-29-17-28-53(60(54)66)64(62)6)59-47(42-20-9-7-10-21-42)25-16-26-48(59)43-22-11-8-12-23-43/h7-38H,1-6H3/i7D,8D,9D,10D,11D,12D,20D,21D,22D,23D. The summed E-state index contributed by atoms with van der Waals surface area (Å²) in [4.78, 5) is 7.11. The van der Waals surface area contributed by atoms with E-state index in [2.05, 4.69) is 105 Å². The SMILES string of the molecule is [2H]c1c([2H])c([2H])c(-c2cccc(-c3c([2H])c([2H])c([2H])c([2H])c3[2H])c2-[n+]2[c-]n3c4c(cccc42)N(C)B(c2c(C)cccc2C)c2ccc(Oc4ccc5c6ccccc6n(-c6cc(C(C)(C)C)ccn6)c5c4)cc2-3)c([2H])c1[2H]. The molecule has 0 spiro atoms. The Hall–Kier alpha value is -8.16. The topological polar surface area (TPSA) is 39.1 Å². The van der Waals surface area contributed by atoms with Crippen LogP contribution in [0.4, 0.5) is 5.69 Å². The molecule has 0 unspecified atom stereocenters. The van der Waals surface area contributed by atoms with E-state index >= 15 is 0 Å². The minimum atomic E-state index is -0.569. The van der Waals surface area contributed by atoms with Crippen molar-refractivity contribution in [3.05, 3.63) is 217 Å². The number of nitrogens with zero attached hydrogens (tertiary/aromatic N) is 5. The molecule has 1 aliphatic heterocycles. The van der Waals surface area contributed by atoms with Crippen LogP contribution >= 0.6 is 0 Å². The Morgan fingerprint density at radius 2 is 1.29 bits per heavy atom. The van der Waals surface area contributed by atoms with Gasteiger partial charge in [-0.3, -0.25) is 13.7 Å². The summed E-state index contributed by atoms with van der Waals surface area (Å²) in [5.74, 6) is 1.90. The lowest BCUT2D eigenvalue weighted by molar-refractivity contribution is -0.571. The van der Waals surface area contributed by atoms with Crippen molar-refractivity contribution in [3.63, 3.8) is 0 Å². The molecule has 0 saturated carbocycles. The van der Waals surface area contributed by atoms with Gasteiger partial charge in [0.2, 0.25) is 0 Å². The number of pyridine rings is 1. The van der Waals surface area contributed by atoms with Crippen LogP contribution in [0.1, 0.15) is 51.2 Å². The van der Waals surface area contributed by atoms with Crippen LogP contribution in [-0.2, 0) is 5.41 Å². The molecule has 0 fully saturated rings. The van der Waals surface area contributed by atoms with Crippen LogP contribution in [0.15, 0.2) is 194 Å². The lowest BCUT2D eigenvalue weighted by atomic mass is 9.47. The number of fused-ring (bicyclic) bond motifs is 5. The molecule has 11 aromatic rings. The molecule has 0 bridgehead atoms. The second-order valence-corrected chi connectivity index (χ2v) is 18.4. The van der Waals surface area contributed by atoms with Gasteiger partial charge in [-0.2, -0.15) is 0 Å². The number of ether oxygens (including phenoxy) is 1. The van der Waals surface area contributed by atoms with Gasteiger partial charge in [-0.25, -0.2) is 4.98 Å². The molecule has 0 saturated heterocycles. The van der Waals surface area contributed by atoms with Gasteiger partial charge < -0.3 is 9.55 Å². The van der Waals surface area contributed by atoms with Crippen molar-refractivity contribution in [2.75, 3.05) is 11.9 Å². The van der Waals surface area contributed by atoms with E-state index in [0.717, 1.165) is 60.9 Å². The summed E-state index contributed by atoms with van der Waals surface area (Å²) in [5.41, 5.74) is 10.2. The van der Waals surface area contributed by atoms with Crippen molar-refractivity contribution in [1.82, 2.24) is 14.1 Å². The fraction of sp³-hybridized carbons (Fsp3) is 0.115. The summed E-state index contributed by atoms with van der Waals surface area (Å²) in [6, 6.07) is 36.3. The highest BCUT2D eigenvalue weighted by Crippen LogP contribution is 2.39. The number of rotatable bonds is 7. The van der Waals surface area contributed by atoms with E-state index in [0.29, 0.717) is 28.2 Å². The second-order valence-electron chi connectivity index (χ2n) is 18.4. The van der Waals surface area contributed by atoms with Crippen molar-refractivity contribution in [2.45, 2.75) is 40.0 Å². The quantitative estimate of drug-likeness (QED) is 0.0909. The van der Waals surface area contributed by atoms with Crippen molar-refractivity contribution >= 4 is 56.3 Å². The smallest absolute Gasteiger partial charge is 0.319 e. The molecule has 0 radical (unpaired) electrons. The zero-order valence-corrected chi connectivity index (χ0v) is 38.4. The molecule has 4 heterocycles. The number of aryl methyl sites for hydroxylation is 2. The first-order chi connectivity index (χ1) is 37.3. The predicted molar refractivity (Wildman–Crippen MR) is 281 cm³/mol. The van der Waals surface area contributed by atoms with E-state index in [1.807, 2.05) is 72.4 Å². The molecule has 0 atom stereocenters. The number of hydrogen-bond acceptors (Lipinski definition) is 3. The lowest BCUT2D eigenvalue weighted by Gasteiger charge is -2.30. The first kappa shape index (κ1) is 31.7. The molecule has 3 aromatic heterocycles. The van der Waals surface area contributed by atoms with Crippen molar-refractivity contribution in [2.24, 2.45) is 0 Å². The van der Waals surface area contributed by atoms with Crippen molar-refractivity contribution in [1.29, 1.82) is 0 Å². The number of para-hydroxylation sites is 3. The normalized spacial score (nSPS) is 14.6. The highest BCUT2D eigenvalue weighted by molar-refractivity contribution is 6.89. The molecule has 0 aliphatic carbocycles. The van der Waals surface area contributed by atoms with E-state index in [1.165, 1.54) is 0 Å². The summed E-state index contributed by atoms with van der Waals surface area (Å²) >= 11 is 0. The number of anilines is 1. The van der Waals surface area contributed by atoms with Gasteiger partial charge in [-0.05, 0) is 114 Å². The molecule has 12 rings (SSSR count). The Kier molecular flexibility index (Phi) is 7.47. The highest BCUT2D eigenvalue weighted by Gasteiger charge is 2.36. The number of benzene rings is 8. The van der Waals surface area contributed by atoms with Crippen LogP contribution in [0, 0.1) is 20.2 Å². The first-order valence-corrected chi connectivity index (χ1v) is 22.6. The zero-order valence-electron chi connectivity index (χ0n) is 48.4. The van der Waals surface area contributed by atoms with Gasteiger partial charge >= 0.3 is 6.85 Å². The summed E-state index contributed by atoms with van der Waals surface area (Å²) < 4.78 is 102. The number of imidazole rings is 1. The Labute approximate surface area is 412 Å². The van der Waals surface area contributed by atoms with Crippen LogP contribution in [0.2, 0.25) is 0 Å². The molecule has 0 N–H and O–H groups in total. The van der Waals surface area contributed by atoms with Gasteiger partial charge in [0.05, 0.1) is 41.6 Å². The van der Waals surface area contributed by atoms with Crippen LogP contribution in [0.5, 0.6) is 11.5 Å². The van der Waals surface area contributed by atoms with Crippen LogP contribution in [0.3, 0.4) is 0 Å². The van der Waals surface area contributed by atoms with E-state index in [4.69, 9.17) is 17.9 Å². The number of hydrogen-bond donors (Lipinski definition) is 0. The lowest BCUT2D eigenvalue weighted by Crippen LogP contribution is -2.57. The molecular formula is C61H50BN5O. The Bertz CT molecular complexity index is 4210. The van der Waals surface area contributed by atoms with Crippen LogP contribution in [0.25, 0.3) is 72.3 Å². The van der Waals surface area contributed by atoms with Gasteiger partial charge in [0.25, 0.3) is 6.33 Å². The first-order valence-electron chi connectivity index (χ1n) is 27.6. The average Bonchev–Trinajstić information content (AvgIpc) is 4.18. The Morgan fingerprint density at radius 1 is 0.647 bits per heavy atom. The van der Waals surface area contributed by atoms with Crippen LogP contribution < -0.4 is 25.0 Å². The predicted octanol–water partition coefficient (Wildman–Crippen LogP) is 12.8. The molecule has 328 valence electrons. The summed E-state index contributed by atoms with van der Waals surface area (Å²) in [6.07, 6.45) is 5.51. The Balaban J connectivity index is 1.12. The zero-order chi connectivity index (χ0) is 55.0. The third-order valence-electron chi connectivity index (χ3n) is 13.3. The van der Waals surface area contributed by atoms with E-state index in [-0.39, 0.29) is 40.2 Å². The van der Waals surface area contributed by atoms with Gasteiger partial charge in [-0.15, -0.1) is 0 Å². The fourth-order valence-electron chi connectivity index (χ4n) is 10.1. The molecular weight excluding hydrogens is 830 g/mol. The van der Waals surface area contributed by atoms with Gasteiger partial charge in [0, 0.05) is 28.7 Å². The molecule has 1 aliphatic rings. The second kappa shape index (κ2) is 16.0. The summed E-state index contributed by atoms with van der Waals surface area (Å²) in [6.45, 7) is 10.5. The van der Waals surface area contributed by atoms with E-state index in [9.17, 15) is 5.48 Å². The number of aromatic nitrogens is 4.